The molecule has 112 valence electrons. The molecular weight excluding hydrogens is 258 g/mol. The molecule has 1 rings (SSSR count). The molecule has 0 unspecified atom stereocenters. The van der Waals surface area contributed by atoms with E-state index in [1.165, 1.54) is 0 Å². The lowest BCUT2D eigenvalue weighted by Gasteiger charge is -2.10. The van der Waals surface area contributed by atoms with E-state index in [0.29, 0.717) is 31.3 Å². The summed E-state index contributed by atoms with van der Waals surface area (Å²) >= 11 is 0. The minimum Gasteiger partial charge on any atom is -0.383 e. The molecule has 20 heavy (non-hydrogen) atoms. The summed E-state index contributed by atoms with van der Waals surface area (Å²) in [6.45, 7) is 2.73. The molecule has 0 radical (unpaired) electrons. The minimum absolute atomic E-state index is 0.180. The Labute approximate surface area is 119 Å². The average molecular weight is 281 g/mol. The molecule has 1 amide bonds. The second kappa shape index (κ2) is 9.22. The second-order valence-corrected chi connectivity index (χ2v) is 4.60. The lowest BCUT2D eigenvalue weighted by atomic mass is 10.3. The van der Waals surface area contributed by atoms with Crippen LogP contribution in [-0.2, 0) is 4.74 Å². The van der Waals surface area contributed by atoms with Crippen LogP contribution in [-0.4, -0.2) is 68.2 Å². The largest absolute Gasteiger partial charge is 0.383 e. The van der Waals surface area contributed by atoms with E-state index in [0.717, 1.165) is 13.0 Å². The highest BCUT2D eigenvalue weighted by molar-refractivity contribution is 5.92. The van der Waals surface area contributed by atoms with Gasteiger partial charge in [-0.1, -0.05) is 0 Å². The standard InChI is InChI=1S/C13H23N5O2/c1-18(2)9-4-6-14-12(19)11-5-7-15-13(17-11)16-8-10-20-3/h5,7H,4,6,8-10H2,1-3H3,(H,14,19)(H,15,16,17). The first-order valence-electron chi connectivity index (χ1n) is 6.62. The lowest BCUT2D eigenvalue weighted by molar-refractivity contribution is 0.0947. The fourth-order valence-electron chi connectivity index (χ4n) is 1.52. The molecule has 0 fully saturated rings. The Kier molecular flexibility index (Phi) is 7.52. The maximum absolute atomic E-state index is 11.9. The van der Waals surface area contributed by atoms with Gasteiger partial charge in [0.2, 0.25) is 5.95 Å². The van der Waals surface area contributed by atoms with Crippen molar-refractivity contribution >= 4 is 11.9 Å². The maximum Gasteiger partial charge on any atom is 0.270 e. The van der Waals surface area contributed by atoms with Gasteiger partial charge in [-0.3, -0.25) is 4.79 Å². The van der Waals surface area contributed by atoms with Crippen LogP contribution >= 0.6 is 0 Å². The summed E-state index contributed by atoms with van der Waals surface area (Å²) in [5, 5.41) is 5.83. The van der Waals surface area contributed by atoms with Crippen molar-refractivity contribution in [2.45, 2.75) is 6.42 Å². The van der Waals surface area contributed by atoms with Gasteiger partial charge in [0.1, 0.15) is 5.69 Å². The van der Waals surface area contributed by atoms with Crippen LogP contribution in [0.2, 0.25) is 0 Å². The Hall–Kier alpha value is -1.73. The van der Waals surface area contributed by atoms with Crippen LogP contribution in [0.25, 0.3) is 0 Å². The van der Waals surface area contributed by atoms with E-state index >= 15 is 0 Å². The molecule has 1 heterocycles. The Bertz CT molecular complexity index is 412. The van der Waals surface area contributed by atoms with Crippen LogP contribution in [0.1, 0.15) is 16.9 Å². The molecule has 0 aromatic carbocycles. The molecule has 0 aliphatic rings. The third-order valence-electron chi connectivity index (χ3n) is 2.55. The number of aromatic nitrogens is 2. The maximum atomic E-state index is 11.9. The van der Waals surface area contributed by atoms with E-state index in [2.05, 4.69) is 25.5 Å². The molecule has 0 aliphatic heterocycles. The number of nitrogens with one attached hydrogen (secondary N) is 2. The molecule has 0 spiro atoms. The topological polar surface area (TPSA) is 79.4 Å². The van der Waals surface area contributed by atoms with E-state index < -0.39 is 0 Å². The van der Waals surface area contributed by atoms with Crippen LogP contribution in [0.3, 0.4) is 0 Å². The zero-order valence-corrected chi connectivity index (χ0v) is 12.3. The van der Waals surface area contributed by atoms with Crippen molar-refractivity contribution in [3.63, 3.8) is 0 Å². The van der Waals surface area contributed by atoms with Gasteiger partial charge in [0.05, 0.1) is 6.61 Å². The van der Waals surface area contributed by atoms with Gasteiger partial charge in [-0.05, 0) is 33.1 Å². The SMILES string of the molecule is COCCNc1nccc(C(=O)NCCCN(C)C)n1. The Morgan fingerprint density at radius 3 is 2.90 bits per heavy atom. The van der Waals surface area contributed by atoms with E-state index in [-0.39, 0.29) is 5.91 Å². The zero-order chi connectivity index (χ0) is 14.8. The van der Waals surface area contributed by atoms with E-state index in [9.17, 15) is 4.79 Å². The number of ether oxygens (including phenoxy) is 1. The number of methoxy groups -OCH3 is 1. The Morgan fingerprint density at radius 2 is 2.20 bits per heavy atom. The highest BCUT2D eigenvalue weighted by Gasteiger charge is 2.07. The monoisotopic (exact) mass is 281 g/mol. The number of nitrogens with zero attached hydrogens (tertiary/aromatic N) is 3. The molecule has 0 saturated heterocycles. The third kappa shape index (κ3) is 6.44. The fourth-order valence-corrected chi connectivity index (χ4v) is 1.52. The first-order valence-corrected chi connectivity index (χ1v) is 6.62. The van der Waals surface area contributed by atoms with Crippen LogP contribution < -0.4 is 10.6 Å². The average Bonchev–Trinajstić information content (AvgIpc) is 2.44. The van der Waals surface area contributed by atoms with Crippen molar-refractivity contribution in [3.05, 3.63) is 18.0 Å². The van der Waals surface area contributed by atoms with Crippen LogP contribution in [0.4, 0.5) is 5.95 Å². The van der Waals surface area contributed by atoms with Crippen molar-refractivity contribution in [3.8, 4) is 0 Å². The van der Waals surface area contributed by atoms with Crippen LogP contribution in [0, 0.1) is 0 Å². The van der Waals surface area contributed by atoms with Gasteiger partial charge in [0.15, 0.2) is 0 Å². The number of carbonyl (C=O) groups is 1. The first kappa shape index (κ1) is 16.3. The first-order chi connectivity index (χ1) is 9.63. The van der Waals surface area contributed by atoms with Gasteiger partial charge in [-0.15, -0.1) is 0 Å². The fraction of sp³-hybridized carbons (Fsp3) is 0.615. The predicted molar refractivity (Wildman–Crippen MR) is 77.9 cm³/mol. The van der Waals surface area contributed by atoms with Gasteiger partial charge in [-0.2, -0.15) is 0 Å². The molecule has 7 heteroatoms. The zero-order valence-electron chi connectivity index (χ0n) is 12.3. The van der Waals surface area contributed by atoms with Crippen molar-refractivity contribution in [1.82, 2.24) is 20.2 Å². The van der Waals surface area contributed by atoms with Gasteiger partial charge in [0.25, 0.3) is 5.91 Å². The quantitative estimate of drug-likeness (QED) is 0.630. The molecule has 7 nitrogen and oxygen atoms in total. The summed E-state index contributed by atoms with van der Waals surface area (Å²) in [4.78, 5) is 22.2. The van der Waals surface area contributed by atoms with Crippen molar-refractivity contribution < 1.29 is 9.53 Å². The molecular formula is C13H23N5O2. The highest BCUT2D eigenvalue weighted by Crippen LogP contribution is 2.00. The summed E-state index contributed by atoms with van der Waals surface area (Å²) in [7, 11) is 5.63. The molecule has 0 atom stereocenters. The van der Waals surface area contributed by atoms with E-state index in [1.807, 2.05) is 14.1 Å². The van der Waals surface area contributed by atoms with Gasteiger partial charge in [-0.25, -0.2) is 9.97 Å². The highest BCUT2D eigenvalue weighted by atomic mass is 16.5. The summed E-state index contributed by atoms with van der Waals surface area (Å²) in [5.41, 5.74) is 0.366. The number of rotatable bonds is 9. The van der Waals surface area contributed by atoms with E-state index in [1.54, 1.807) is 19.4 Å². The van der Waals surface area contributed by atoms with Gasteiger partial charge < -0.3 is 20.3 Å². The number of carbonyl (C=O) groups excluding carboxylic acids is 1. The van der Waals surface area contributed by atoms with Crippen molar-refractivity contribution in [2.24, 2.45) is 0 Å². The summed E-state index contributed by atoms with van der Waals surface area (Å²) in [5.74, 6) is 0.254. The number of anilines is 1. The van der Waals surface area contributed by atoms with Crippen LogP contribution in [0.5, 0.6) is 0 Å². The third-order valence-corrected chi connectivity index (χ3v) is 2.55. The van der Waals surface area contributed by atoms with Crippen molar-refractivity contribution in [2.75, 3.05) is 52.8 Å². The Balaban J connectivity index is 2.41. The molecule has 2 N–H and O–H groups in total. The molecule has 1 aromatic heterocycles. The normalized spacial score (nSPS) is 10.6. The second-order valence-electron chi connectivity index (χ2n) is 4.60. The molecule has 1 aromatic rings. The number of amides is 1. The molecule has 0 saturated carbocycles. The van der Waals surface area contributed by atoms with E-state index in [4.69, 9.17) is 4.74 Å². The Morgan fingerprint density at radius 1 is 1.40 bits per heavy atom. The predicted octanol–water partition coefficient (Wildman–Crippen LogP) is 0.216. The summed E-state index contributed by atoms with van der Waals surface area (Å²) < 4.78 is 4.92. The van der Waals surface area contributed by atoms with Gasteiger partial charge in [0, 0.05) is 26.4 Å². The summed E-state index contributed by atoms with van der Waals surface area (Å²) in [6, 6.07) is 1.60. The molecule has 0 bridgehead atoms. The number of hydrogen-bond donors (Lipinski definition) is 2. The van der Waals surface area contributed by atoms with Crippen molar-refractivity contribution in [1.29, 1.82) is 0 Å². The smallest absolute Gasteiger partial charge is 0.270 e. The lowest BCUT2D eigenvalue weighted by Crippen LogP contribution is -2.28. The molecule has 0 aliphatic carbocycles. The van der Waals surface area contributed by atoms with Gasteiger partial charge >= 0.3 is 0 Å². The van der Waals surface area contributed by atoms with Crippen LogP contribution in [0.15, 0.2) is 12.3 Å². The minimum atomic E-state index is -0.180. The number of hydrogen-bond acceptors (Lipinski definition) is 6. The summed E-state index contributed by atoms with van der Waals surface area (Å²) in [6.07, 6.45) is 2.47.